The molecular formula is C14H22N2O3. The summed E-state index contributed by atoms with van der Waals surface area (Å²) in [6, 6.07) is 9.67. The van der Waals surface area contributed by atoms with E-state index in [1.54, 1.807) is 0 Å². The van der Waals surface area contributed by atoms with Crippen LogP contribution in [0.15, 0.2) is 30.3 Å². The molecule has 0 fully saturated rings. The molecule has 0 bridgehead atoms. The monoisotopic (exact) mass is 266 g/mol. The molecule has 1 rings (SSSR count). The van der Waals surface area contributed by atoms with Crippen LogP contribution in [0.25, 0.3) is 0 Å². The first kappa shape index (κ1) is 15.5. The van der Waals surface area contributed by atoms with Crippen LogP contribution < -0.4 is 16.0 Å². The van der Waals surface area contributed by atoms with Crippen LogP contribution in [0.3, 0.4) is 0 Å². The van der Waals surface area contributed by atoms with E-state index in [1.165, 1.54) is 0 Å². The normalized spacial score (nSPS) is 10.2. The average molecular weight is 266 g/mol. The highest BCUT2D eigenvalue weighted by Crippen LogP contribution is 2.07. The molecule has 1 aromatic carbocycles. The van der Waals surface area contributed by atoms with Gasteiger partial charge in [0.1, 0.15) is 12.4 Å². The second kappa shape index (κ2) is 10.3. The van der Waals surface area contributed by atoms with Crippen molar-refractivity contribution in [3.05, 3.63) is 30.3 Å². The summed E-state index contributed by atoms with van der Waals surface area (Å²) < 4.78 is 10.9. The van der Waals surface area contributed by atoms with Crippen molar-refractivity contribution in [1.82, 2.24) is 5.43 Å². The van der Waals surface area contributed by atoms with Crippen LogP contribution in [-0.2, 0) is 9.53 Å². The third-order valence-corrected chi connectivity index (χ3v) is 2.59. The Labute approximate surface area is 114 Å². The van der Waals surface area contributed by atoms with Gasteiger partial charge in [0.15, 0.2) is 0 Å². The molecular weight excluding hydrogens is 244 g/mol. The van der Waals surface area contributed by atoms with Crippen molar-refractivity contribution in [2.75, 3.05) is 19.8 Å². The summed E-state index contributed by atoms with van der Waals surface area (Å²) in [7, 11) is 0. The van der Waals surface area contributed by atoms with Crippen LogP contribution in [-0.4, -0.2) is 25.7 Å². The van der Waals surface area contributed by atoms with E-state index >= 15 is 0 Å². The number of para-hydroxylation sites is 1. The van der Waals surface area contributed by atoms with Crippen LogP contribution in [0.5, 0.6) is 5.75 Å². The zero-order valence-corrected chi connectivity index (χ0v) is 11.1. The van der Waals surface area contributed by atoms with Gasteiger partial charge in [0.05, 0.1) is 6.61 Å². The van der Waals surface area contributed by atoms with Crippen molar-refractivity contribution in [3.63, 3.8) is 0 Å². The molecule has 0 aromatic heterocycles. The second-order valence-corrected chi connectivity index (χ2v) is 4.15. The lowest BCUT2D eigenvalue weighted by Gasteiger charge is -2.06. The van der Waals surface area contributed by atoms with E-state index in [1.807, 2.05) is 30.3 Å². The predicted octanol–water partition coefficient (Wildman–Crippen LogP) is 1.63. The highest BCUT2D eigenvalue weighted by atomic mass is 16.5. The molecule has 19 heavy (non-hydrogen) atoms. The Bertz CT molecular complexity index is 344. The van der Waals surface area contributed by atoms with E-state index in [9.17, 15) is 4.79 Å². The van der Waals surface area contributed by atoms with E-state index in [0.29, 0.717) is 26.2 Å². The minimum Gasteiger partial charge on any atom is -0.491 e. The Morgan fingerprint density at radius 2 is 1.84 bits per heavy atom. The fraction of sp³-hybridized carbons (Fsp3) is 0.500. The van der Waals surface area contributed by atoms with E-state index in [0.717, 1.165) is 25.0 Å². The molecule has 0 aliphatic heterocycles. The molecule has 0 saturated heterocycles. The van der Waals surface area contributed by atoms with Crippen molar-refractivity contribution in [1.29, 1.82) is 0 Å². The van der Waals surface area contributed by atoms with Crippen molar-refractivity contribution < 1.29 is 14.3 Å². The van der Waals surface area contributed by atoms with E-state index in [-0.39, 0.29) is 5.91 Å². The van der Waals surface area contributed by atoms with Crippen LogP contribution in [0.4, 0.5) is 0 Å². The fourth-order valence-corrected chi connectivity index (χ4v) is 1.58. The first-order valence-corrected chi connectivity index (χ1v) is 6.58. The van der Waals surface area contributed by atoms with Crippen molar-refractivity contribution >= 4 is 5.91 Å². The number of benzene rings is 1. The van der Waals surface area contributed by atoms with Gasteiger partial charge in [-0.05, 0) is 25.0 Å². The molecule has 1 aromatic rings. The van der Waals surface area contributed by atoms with Crippen molar-refractivity contribution in [2.24, 2.45) is 5.84 Å². The Morgan fingerprint density at radius 1 is 1.05 bits per heavy atom. The van der Waals surface area contributed by atoms with Gasteiger partial charge in [0.2, 0.25) is 5.91 Å². The van der Waals surface area contributed by atoms with Crippen molar-refractivity contribution in [2.45, 2.75) is 25.7 Å². The largest absolute Gasteiger partial charge is 0.491 e. The molecule has 1 amide bonds. The smallest absolute Gasteiger partial charge is 0.233 e. The summed E-state index contributed by atoms with van der Waals surface area (Å²) >= 11 is 0. The van der Waals surface area contributed by atoms with Gasteiger partial charge in [-0.15, -0.1) is 0 Å². The van der Waals surface area contributed by atoms with Gasteiger partial charge >= 0.3 is 0 Å². The highest BCUT2D eigenvalue weighted by Gasteiger charge is 1.97. The number of rotatable bonds is 10. The summed E-state index contributed by atoms with van der Waals surface area (Å²) in [4.78, 5) is 10.8. The van der Waals surface area contributed by atoms with Crippen LogP contribution >= 0.6 is 0 Å². The summed E-state index contributed by atoms with van der Waals surface area (Å²) in [6.45, 7) is 1.83. The Kier molecular flexibility index (Phi) is 8.42. The minimum atomic E-state index is -0.114. The standard InChI is InChI=1S/C14H22N2O3/c15-16-14(17)9-5-2-6-10-18-11-12-19-13-7-3-1-4-8-13/h1,3-4,7-8H,2,5-6,9-12,15H2,(H,16,17). The van der Waals surface area contributed by atoms with Gasteiger partial charge in [-0.1, -0.05) is 24.6 Å². The molecule has 5 heteroatoms. The number of ether oxygens (including phenoxy) is 2. The van der Waals surface area contributed by atoms with Gasteiger partial charge in [-0.3, -0.25) is 10.2 Å². The average Bonchev–Trinajstić information content (AvgIpc) is 2.46. The molecule has 0 spiro atoms. The molecule has 0 aliphatic carbocycles. The lowest BCUT2D eigenvalue weighted by molar-refractivity contribution is -0.121. The number of nitrogens with one attached hydrogen (secondary N) is 1. The van der Waals surface area contributed by atoms with E-state index in [4.69, 9.17) is 15.3 Å². The Hall–Kier alpha value is -1.59. The molecule has 3 N–H and O–H groups in total. The maximum atomic E-state index is 10.8. The van der Waals surface area contributed by atoms with Crippen molar-refractivity contribution in [3.8, 4) is 5.75 Å². The Balaban J connectivity index is 1.85. The number of hydrogen-bond donors (Lipinski definition) is 2. The number of hydrazine groups is 1. The van der Waals surface area contributed by atoms with Gasteiger partial charge in [0, 0.05) is 13.0 Å². The molecule has 0 radical (unpaired) electrons. The maximum absolute atomic E-state index is 10.8. The van der Waals surface area contributed by atoms with E-state index < -0.39 is 0 Å². The first-order chi connectivity index (χ1) is 9.33. The fourth-order valence-electron chi connectivity index (χ4n) is 1.58. The number of unbranched alkanes of at least 4 members (excludes halogenated alkanes) is 2. The van der Waals surface area contributed by atoms with E-state index in [2.05, 4.69) is 5.43 Å². The molecule has 0 unspecified atom stereocenters. The topological polar surface area (TPSA) is 73.6 Å². The molecule has 0 heterocycles. The van der Waals surface area contributed by atoms with Gasteiger partial charge < -0.3 is 9.47 Å². The van der Waals surface area contributed by atoms with Crippen LogP contribution in [0.1, 0.15) is 25.7 Å². The third-order valence-electron chi connectivity index (χ3n) is 2.59. The number of nitrogens with two attached hydrogens (primary N) is 1. The first-order valence-electron chi connectivity index (χ1n) is 6.58. The number of carbonyl (C=O) groups excluding carboxylic acids is 1. The number of hydrogen-bond acceptors (Lipinski definition) is 4. The quantitative estimate of drug-likeness (QED) is 0.292. The summed E-state index contributed by atoms with van der Waals surface area (Å²) in [5, 5.41) is 0. The molecule has 0 saturated carbocycles. The lowest BCUT2D eigenvalue weighted by atomic mass is 10.2. The minimum absolute atomic E-state index is 0.114. The van der Waals surface area contributed by atoms with Gasteiger partial charge in [-0.25, -0.2) is 5.84 Å². The number of carbonyl (C=O) groups is 1. The van der Waals surface area contributed by atoms with Crippen LogP contribution in [0, 0.1) is 0 Å². The highest BCUT2D eigenvalue weighted by molar-refractivity contribution is 5.74. The molecule has 0 atom stereocenters. The number of amides is 1. The van der Waals surface area contributed by atoms with Crippen LogP contribution in [0.2, 0.25) is 0 Å². The zero-order valence-electron chi connectivity index (χ0n) is 11.1. The maximum Gasteiger partial charge on any atom is 0.233 e. The van der Waals surface area contributed by atoms with Gasteiger partial charge in [-0.2, -0.15) is 0 Å². The summed E-state index contributed by atoms with van der Waals surface area (Å²) in [5.74, 6) is 5.72. The second-order valence-electron chi connectivity index (χ2n) is 4.15. The summed E-state index contributed by atoms with van der Waals surface area (Å²) in [6.07, 6.45) is 3.23. The third kappa shape index (κ3) is 8.18. The predicted molar refractivity (Wildman–Crippen MR) is 73.6 cm³/mol. The lowest BCUT2D eigenvalue weighted by Crippen LogP contribution is -2.29. The molecule has 0 aliphatic rings. The summed E-state index contributed by atoms with van der Waals surface area (Å²) in [5.41, 5.74) is 2.11. The molecule has 5 nitrogen and oxygen atoms in total. The molecule has 106 valence electrons. The SMILES string of the molecule is NNC(=O)CCCCCOCCOc1ccccc1. The zero-order chi connectivity index (χ0) is 13.8. The Morgan fingerprint density at radius 3 is 2.58 bits per heavy atom. The van der Waals surface area contributed by atoms with Gasteiger partial charge in [0.25, 0.3) is 0 Å².